The van der Waals surface area contributed by atoms with Crippen molar-refractivity contribution in [3.8, 4) is 0 Å². The minimum atomic E-state index is -3.43. The minimum Gasteiger partial charge on any atom is -0.352 e. The Labute approximate surface area is 108 Å². The van der Waals surface area contributed by atoms with Crippen molar-refractivity contribution in [2.24, 2.45) is 0 Å². The van der Waals surface area contributed by atoms with Gasteiger partial charge in [0.05, 0.1) is 4.90 Å². The first kappa shape index (κ1) is 12.9. The molecule has 0 radical (unpaired) electrons. The molecule has 0 saturated carbocycles. The smallest absolute Gasteiger partial charge is 0.222 e. The van der Waals surface area contributed by atoms with E-state index >= 15 is 0 Å². The number of aromatic amines is 1. The average molecular weight is 263 g/mol. The summed E-state index contributed by atoms with van der Waals surface area (Å²) < 4.78 is 25.0. The molecule has 0 fully saturated rings. The van der Waals surface area contributed by atoms with Gasteiger partial charge in [0, 0.05) is 6.20 Å². The first-order valence-corrected chi connectivity index (χ1v) is 7.43. The molecule has 0 aliphatic heterocycles. The van der Waals surface area contributed by atoms with Crippen LogP contribution in [0.1, 0.15) is 23.6 Å². The normalized spacial score (nSPS) is 11.7. The highest BCUT2D eigenvalue weighted by Crippen LogP contribution is 2.25. The number of benzene rings is 1. The molecule has 1 aromatic heterocycles. The first-order chi connectivity index (χ1) is 8.46. The fourth-order valence-corrected chi connectivity index (χ4v) is 3.62. The average Bonchev–Trinajstić information content (AvgIpc) is 2.71. The third-order valence-electron chi connectivity index (χ3n) is 3.12. The van der Waals surface area contributed by atoms with E-state index in [4.69, 9.17) is 0 Å². The summed E-state index contributed by atoms with van der Waals surface area (Å²) in [5.41, 5.74) is 2.91. The second-order valence-corrected chi connectivity index (χ2v) is 6.34. The molecule has 0 aliphatic rings. The number of aryl methyl sites for hydroxylation is 2. The van der Waals surface area contributed by atoms with E-state index in [1.807, 2.05) is 32.9 Å². The standard InChI is InChI=1S/C14H17NO2S/c1-4-13-11(3)9-15-14(13)18(16,17)12-7-5-10(2)6-8-12/h5-9,15H,4H2,1-3H3. The van der Waals surface area contributed by atoms with Crippen molar-refractivity contribution in [3.05, 3.63) is 47.2 Å². The van der Waals surface area contributed by atoms with E-state index in [0.717, 1.165) is 16.7 Å². The highest BCUT2D eigenvalue weighted by Gasteiger charge is 2.23. The molecule has 4 heteroatoms. The Morgan fingerprint density at radius 2 is 1.72 bits per heavy atom. The Hall–Kier alpha value is -1.55. The third kappa shape index (κ3) is 2.08. The van der Waals surface area contributed by atoms with Gasteiger partial charge in [-0.1, -0.05) is 24.6 Å². The van der Waals surface area contributed by atoms with Crippen LogP contribution in [-0.2, 0) is 16.3 Å². The highest BCUT2D eigenvalue weighted by atomic mass is 32.2. The Bertz CT molecular complexity index is 652. The van der Waals surface area contributed by atoms with Gasteiger partial charge in [-0.25, -0.2) is 8.42 Å². The number of hydrogen-bond donors (Lipinski definition) is 1. The van der Waals surface area contributed by atoms with Crippen LogP contribution in [0.5, 0.6) is 0 Å². The topological polar surface area (TPSA) is 49.9 Å². The SMILES string of the molecule is CCc1c(C)c[nH]c1S(=O)(=O)c1ccc(C)cc1. The lowest BCUT2D eigenvalue weighted by Gasteiger charge is -2.06. The number of nitrogens with one attached hydrogen (secondary N) is 1. The van der Waals surface area contributed by atoms with Crippen molar-refractivity contribution in [1.82, 2.24) is 4.98 Å². The van der Waals surface area contributed by atoms with Crippen molar-refractivity contribution in [1.29, 1.82) is 0 Å². The Kier molecular flexibility index (Phi) is 3.30. The monoisotopic (exact) mass is 263 g/mol. The van der Waals surface area contributed by atoms with E-state index in [1.165, 1.54) is 0 Å². The van der Waals surface area contributed by atoms with Gasteiger partial charge in [0.15, 0.2) is 0 Å². The summed E-state index contributed by atoms with van der Waals surface area (Å²) >= 11 is 0. The van der Waals surface area contributed by atoms with Crippen LogP contribution in [0.3, 0.4) is 0 Å². The van der Waals surface area contributed by atoms with Crippen LogP contribution in [0.4, 0.5) is 0 Å². The molecule has 0 amide bonds. The summed E-state index contributed by atoms with van der Waals surface area (Å²) in [6, 6.07) is 6.93. The van der Waals surface area contributed by atoms with Gasteiger partial charge in [-0.3, -0.25) is 0 Å². The molecule has 1 aromatic carbocycles. The van der Waals surface area contributed by atoms with Crippen LogP contribution >= 0.6 is 0 Å². The molecule has 0 unspecified atom stereocenters. The fraction of sp³-hybridized carbons (Fsp3) is 0.286. The lowest BCUT2D eigenvalue weighted by Crippen LogP contribution is -2.05. The van der Waals surface area contributed by atoms with Gasteiger partial charge in [-0.05, 0) is 43.5 Å². The number of sulfone groups is 1. The molecule has 96 valence electrons. The lowest BCUT2D eigenvalue weighted by molar-refractivity contribution is 0.592. The summed E-state index contributed by atoms with van der Waals surface area (Å²) in [6.45, 7) is 5.82. The largest absolute Gasteiger partial charge is 0.352 e. The molecule has 3 nitrogen and oxygen atoms in total. The highest BCUT2D eigenvalue weighted by molar-refractivity contribution is 7.91. The summed E-state index contributed by atoms with van der Waals surface area (Å²) in [4.78, 5) is 3.23. The van der Waals surface area contributed by atoms with E-state index in [9.17, 15) is 8.42 Å². The van der Waals surface area contributed by atoms with Crippen molar-refractivity contribution in [2.45, 2.75) is 37.1 Å². The van der Waals surface area contributed by atoms with Crippen molar-refractivity contribution >= 4 is 9.84 Å². The van der Waals surface area contributed by atoms with E-state index in [1.54, 1.807) is 18.3 Å². The van der Waals surface area contributed by atoms with Crippen LogP contribution in [0.25, 0.3) is 0 Å². The quantitative estimate of drug-likeness (QED) is 0.925. The fourth-order valence-electron chi connectivity index (χ4n) is 2.04. The van der Waals surface area contributed by atoms with Gasteiger partial charge in [-0.2, -0.15) is 0 Å². The predicted molar refractivity (Wildman–Crippen MR) is 71.5 cm³/mol. The van der Waals surface area contributed by atoms with Gasteiger partial charge in [0.2, 0.25) is 9.84 Å². The van der Waals surface area contributed by atoms with E-state index in [2.05, 4.69) is 4.98 Å². The molecular formula is C14H17NO2S. The van der Waals surface area contributed by atoms with Crippen LogP contribution in [0.15, 0.2) is 40.4 Å². The van der Waals surface area contributed by atoms with Crippen LogP contribution in [0, 0.1) is 13.8 Å². The molecule has 18 heavy (non-hydrogen) atoms. The van der Waals surface area contributed by atoms with Gasteiger partial charge in [0.1, 0.15) is 5.03 Å². The summed E-state index contributed by atoms with van der Waals surface area (Å²) in [5.74, 6) is 0. The molecule has 0 aliphatic carbocycles. The molecule has 1 N–H and O–H groups in total. The zero-order valence-corrected chi connectivity index (χ0v) is 11.6. The maximum atomic E-state index is 12.5. The minimum absolute atomic E-state index is 0.325. The zero-order chi connectivity index (χ0) is 13.3. The number of rotatable bonds is 3. The van der Waals surface area contributed by atoms with Crippen molar-refractivity contribution in [3.63, 3.8) is 0 Å². The van der Waals surface area contributed by atoms with Crippen LogP contribution in [-0.4, -0.2) is 13.4 Å². The molecule has 0 saturated heterocycles. The van der Waals surface area contributed by atoms with E-state index in [-0.39, 0.29) is 0 Å². The second kappa shape index (κ2) is 4.61. The predicted octanol–water partition coefficient (Wildman–Crippen LogP) is 3.03. The first-order valence-electron chi connectivity index (χ1n) is 5.95. The maximum absolute atomic E-state index is 12.5. The lowest BCUT2D eigenvalue weighted by atomic mass is 10.2. The summed E-state index contributed by atoms with van der Waals surface area (Å²) in [7, 11) is -3.43. The van der Waals surface area contributed by atoms with E-state index < -0.39 is 9.84 Å². The molecule has 2 rings (SSSR count). The molecule has 0 spiro atoms. The van der Waals surface area contributed by atoms with Crippen LogP contribution in [0.2, 0.25) is 0 Å². The Morgan fingerprint density at radius 3 is 2.28 bits per heavy atom. The number of H-pyrrole nitrogens is 1. The van der Waals surface area contributed by atoms with Crippen molar-refractivity contribution < 1.29 is 8.42 Å². The number of aromatic nitrogens is 1. The summed E-state index contributed by atoms with van der Waals surface area (Å²) in [5, 5.41) is 0.325. The van der Waals surface area contributed by atoms with Gasteiger partial charge in [0.25, 0.3) is 0 Å². The van der Waals surface area contributed by atoms with Crippen molar-refractivity contribution in [2.75, 3.05) is 0 Å². The molecule has 2 aromatic rings. The number of hydrogen-bond acceptors (Lipinski definition) is 2. The summed E-state index contributed by atoms with van der Waals surface area (Å²) in [6.07, 6.45) is 2.45. The molecule has 1 heterocycles. The maximum Gasteiger partial charge on any atom is 0.222 e. The molecule has 0 bridgehead atoms. The van der Waals surface area contributed by atoms with Gasteiger partial charge < -0.3 is 4.98 Å². The Balaban J connectivity index is 2.58. The second-order valence-electron chi connectivity index (χ2n) is 4.45. The molecule has 0 atom stereocenters. The third-order valence-corrected chi connectivity index (χ3v) is 4.92. The van der Waals surface area contributed by atoms with E-state index in [0.29, 0.717) is 16.3 Å². The van der Waals surface area contributed by atoms with Gasteiger partial charge in [-0.15, -0.1) is 0 Å². The molecular weight excluding hydrogens is 246 g/mol. The van der Waals surface area contributed by atoms with Gasteiger partial charge >= 0.3 is 0 Å². The Morgan fingerprint density at radius 1 is 1.11 bits per heavy atom. The zero-order valence-electron chi connectivity index (χ0n) is 10.8. The van der Waals surface area contributed by atoms with Crippen LogP contribution < -0.4 is 0 Å².